The monoisotopic (exact) mass is 359 g/mol. The molecule has 3 aromatic rings. The molecule has 1 aromatic carbocycles. The fourth-order valence-corrected chi connectivity index (χ4v) is 2.60. The van der Waals surface area contributed by atoms with Gasteiger partial charge in [-0.1, -0.05) is 18.2 Å². The van der Waals surface area contributed by atoms with Crippen LogP contribution in [0, 0.1) is 0 Å². The lowest BCUT2D eigenvalue weighted by Gasteiger charge is -2.12. The first-order chi connectivity index (χ1) is 12.5. The molecule has 0 saturated heterocycles. The lowest BCUT2D eigenvalue weighted by atomic mass is 10.3. The van der Waals surface area contributed by atoms with E-state index in [9.17, 15) is 14.7 Å². The molecule has 138 valence electrons. The lowest BCUT2D eigenvalue weighted by molar-refractivity contribution is 0.208. The molecule has 0 amide bonds. The summed E-state index contributed by atoms with van der Waals surface area (Å²) in [6, 6.07) is 9.33. The molecule has 0 radical (unpaired) electrons. The molecular weight excluding hydrogens is 338 g/mol. The quantitative estimate of drug-likeness (QED) is 0.559. The molecular formula is C17H21N5O4. The van der Waals surface area contributed by atoms with E-state index in [2.05, 4.69) is 15.3 Å². The summed E-state index contributed by atoms with van der Waals surface area (Å²) in [5.74, 6) is 1.11. The summed E-state index contributed by atoms with van der Waals surface area (Å²) in [4.78, 5) is 30.8. The van der Waals surface area contributed by atoms with Crippen molar-refractivity contribution in [2.24, 2.45) is 7.05 Å². The number of nitrogens with zero attached hydrogens (tertiary/aromatic N) is 3. The second-order valence-corrected chi connectivity index (χ2v) is 5.97. The molecule has 0 spiro atoms. The van der Waals surface area contributed by atoms with Crippen LogP contribution in [0.4, 0.5) is 5.95 Å². The maximum absolute atomic E-state index is 12.3. The van der Waals surface area contributed by atoms with Crippen LogP contribution in [0.3, 0.4) is 0 Å². The average molecular weight is 359 g/mol. The number of benzene rings is 1. The Kier molecular flexibility index (Phi) is 5.08. The van der Waals surface area contributed by atoms with Crippen LogP contribution in [0.1, 0.15) is 6.92 Å². The molecule has 0 saturated carbocycles. The minimum absolute atomic E-state index is 0.259. The maximum Gasteiger partial charge on any atom is 0.329 e. The Hall–Kier alpha value is -3.07. The molecule has 0 unspecified atom stereocenters. The van der Waals surface area contributed by atoms with Gasteiger partial charge in [0.15, 0.2) is 11.2 Å². The van der Waals surface area contributed by atoms with Crippen LogP contribution in [0.15, 0.2) is 39.9 Å². The summed E-state index contributed by atoms with van der Waals surface area (Å²) in [5.41, 5.74) is -0.501. The summed E-state index contributed by atoms with van der Waals surface area (Å²) in [7, 11) is 1.54. The number of aromatic amines is 1. The van der Waals surface area contributed by atoms with Gasteiger partial charge in [0.2, 0.25) is 5.95 Å². The molecule has 0 aliphatic heterocycles. The van der Waals surface area contributed by atoms with Gasteiger partial charge in [-0.25, -0.2) is 4.79 Å². The zero-order chi connectivity index (χ0) is 18.7. The molecule has 9 nitrogen and oxygen atoms in total. The zero-order valence-electron chi connectivity index (χ0n) is 14.6. The Morgan fingerprint density at radius 2 is 2.04 bits per heavy atom. The lowest BCUT2D eigenvalue weighted by Crippen LogP contribution is -2.29. The van der Waals surface area contributed by atoms with Crippen LogP contribution in [0.25, 0.3) is 11.2 Å². The van der Waals surface area contributed by atoms with Crippen molar-refractivity contribution < 1.29 is 9.84 Å². The van der Waals surface area contributed by atoms with Gasteiger partial charge in [0, 0.05) is 13.6 Å². The Bertz CT molecular complexity index is 1000. The molecule has 26 heavy (non-hydrogen) atoms. The van der Waals surface area contributed by atoms with E-state index >= 15 is 0 Å². The van der Waals surface area contributed by atoms with Crippen LogP contribution in [-0.4, -0.2) is 43.5 Å². The van der Waals surface area contributed by atoms with Gasteiger partial charge in [0.05, 0.1) is 12.6 Å². The van der Waals surface area contributed by atoms with Crippen LogP contribution in [-0.2, 0) is 13.6 Å². The summed E-state index contributed by atoms with van der Waals surface area (Å²) in [6.45, 7) is 2.55. The second kappa shape index (κ2) is 7.44. The van der Waals surface area contributed by atoms with Gasteiger partial charge >= 0.3 is 5.69 Å². The number of para-hydroxylation sites is 1. The summed E-state index contributed by atoms with van der Waals surface area (Å²) in [6.07, 6.45) is -0.592. The normalized spacial score (nSPS) is 12.3. The van der Waals surface area contributed by atoms with Crippen LogP contribution in [0.5, 0.6) is 5.75 Å². The van der Waals surface area contributed by atoms with Crippen molar-refractivity contribution in [1.29, 1.82) is 0 Å². The van der Waals surface area contributed by atoms with E-state index in [1.807, 2.05) is 30.3 Å². The van der Waals surface area contributed by atoms with Gasteiger partial charge in [-0.15, -0.1) is 0 Å². The number of imidazole rings is 1. The number of hydrogen-bond acceptors (Lipinski definition) is 6. The Morgan fingerprint density at radius 1 is 1.31 bits per heavy atom. The fraction of sp³-hybridized carbons (Fsp3) is 0.353. The molecule has 0 aliphatic rings. The van der Waals surface area contributed by atoms with Crippen molar-refractivity contribution in [3.8, 4) is 5.75 Å². The fourth-order valence-electron chi connectivity index (χ4n) is 2.60. The van der Waals surface area contributed by atoms with Gasteiger partial charge in [-0.05, 0) is 19.1 Å². The standard InChI is InChI=1S/C17H21N5O4/c1-11(23)10-18-16-19-14-13(15(24)20-17(25)21(14)2)22(16)8-9-26-12-6-4-3-5-7-12/h3-7,11,23H,8-10H2,1-2H3,(H,18,19)(H,20,24,25)/t11-/m0/s1. The summed E-state index contributed by atoms with van der Waals surface area (Å²) < 4.78 is 8.62. The van der Waals surface area contributed by atoms with Gasteiger partial charge in [0.1, 0.15) is 12.4 Å². The first-order valence-corrected chi connectivity index (χ1v) is 8.26. The molecule has 0 bridgehead atoms. The van der Waals surface area contributed by atoms with Crippen molar-refractivity contribution >= 4 is 17.1 Å². The van der Waals surface area contributed by atoms with E-state index < -0.39 is 17.4 Å². The van der Waals surface area contributed by atoms with Gasteiger partial charge in [0.25, 0.3) is 5.56 Å². The Morgan fingerprint density at radius 3 is 2.73 bits per heavy atom. The minimum Gasteiger partial charge on any atom is -0.492 e. The highest BCUT2D eigenvalue weighted by Gasteiger charge is 2.17. The smallest absolute Gasteiger partial charge is 0.329 e. The first kappa shape index (κ1) is 17.7. The van der Waals surface area contributed by atoms with Crippen molar-refractivity contribution in [3.63, 3.8) is 0 Å². The van der Waals surface area contributed by atoms with E-state index in [4.69, 9.17) is 4.74 Å². The zero-order valence-corrected chi connectivity index (χ0v) is 14.6. The number of anilines is 1. The number of rotatable bonds is 7. The number of ether oxygens (including phenoxy) is 1. The first-order valence-electron chi connectivity index (χ1n) is 8.26. The number of H-pyrrole nitrogens is 1. The SMILES string of the molecule is C[C@H](O)CNc1nc2c(c(=O)[nH]c(=O)n2C)n1CCOc1ccccc1. The average Bonchev–Trinajstić information content (AvgIpc) is 2.98. The second-order valence-electron chi connectivity index (χ2n) is 5.97. The maximum atomic E-state index is 12.3. The van der Waals surface area contributed by atoms with Crippen LogP contribution in [0.2, 0.25) is 0 Å². The third-order valence-corrected chi connectivity index (χ3v) is 3.89. The topological polar surface area (TPSA) is 114 Å². The summed E-state index contributed by atoms with van der Waals surface area (Å²) >= 11 is 0. The minimum atomic E-state index is -0.592. The molecule has 9 heteroatoms. The van der Waals surface area contributed by atoms with Gasteiger partial charge in [-0.2, -0.15) is 4.98 Å². The third kappa shape index (κ3) is 3.62. The predicted octanol–water partition coefficient (Wildman–Crippen LogP) is 0.295. The van der Waals surface area contributed by atoms with E-state index in [0.717, 1.165) is 5.75 Å². The highest BCUT2D eigenvalue weighted by Crippen LogP contribution is 2.16. The number of aliphatic hydroxyl groups excluding tert-OH is 1. The molecule has 3 rings (SSSR count). The Labute approximate surface area is 148 Å². The third-order valence-electron chi connectivity index (χ3n) is 3.89. The highest BCUT2D eigenvalue weighted by atomic mass is 16.5. The highest BCUT2D eigenvalue weighted by molar-refractivity contribution is 5.74. The van der Waals surface area contributed by atoms with Gasteiger partial charge in [-0.3, -0.25) is 14.3 Å². The van der Waals surface area contributed by atoms with Crippen LogP contribution < -0.4 is 21.3 Å². The molecule has 0 fully saturated rings. The number of hydrogen-bond donors (Lipinski definition) is 3. The van der Waals surface area contributed by atoms with E-state index in [1.165, 1.54) is 11.6 Å². The van der Waals surface area contributed by atoms with E-state index in [-0.39, 0.29) is 17.7 Å². The molecule has 3 N–H and O–H groups in total. The number of aliphatic hydroxyl groups is 1. The van der Waals surface area contributed by atoms with Crippen molar-refractivity contribution in [2.45, 2.75) is 19.6 Å². The molecule has 0 aliphatic carbocycles. The van der Waals surface area contributed by atoms with Crippen molar-refractivity contribution in [3.05, 3.63) is 51.2 Å². The number of aromatic nitrogens is 4. The van der Waals surface area contributed by atoms with Crippen LogP contribution >= 0.6 is 0 Å². The number of aryl methyl sites for hydroxylation is 1. The van der Waals surface area contributed by atoms with Gasteiger partial charge < -0.3 is 19.7 Å². The number of fused-ring (bicyclic) bond motifs is 1. The van der Waals surface area contributed by atoms with E-state index in [0.29, 0.717) is 19.1 Å². The summed E-state index contributed by atoms with van der Waals surface area (Å²) in [5, 5.41) is 12.5. The molecule has 2 heterocycles. The Balaban J connectivity index is 1.94. The molecule has 1 atom stereocenters. The largest absolute Gasteiger partial charge is 0.492 e. The predicted molar refractivity (Wildman–Crippen MR) is 97.7 cm³/mol. The van der Waals surface area contributed by atoms with Crippen molar-refractivity contribution in [2.75, 3.05) is 18.5 Å². The van der Waals surface area contributed by atoms with Crippen molar-refractivity contribution in [1.82, 2.24) is 19.1 Å². The molecule has 2 aromatic heterocycles. The van der Waals surface area contributed by atoms with E-state index in [1.54, 1.807) is 11.5 Å². The number of nitrogens with one attached hydrogen (secondary N) is 2.